The predicted molar refractivity (Wildman–Crippen MR) is 70.4 cm³/mol. The van der Waals surface area contributed by atoms with E-state index in [0.717, 1.165) is 19.2 Å². The molecule has 1 aromatic rings. The molecule has 0 saturated carbocycles. The van der Waals surface area contributed by atoms with Gasteiger partial charge in [0.25, 0.3) is 0 Å². The van der Waals surface area contributed by atoms with Crippen molar-refractivity contribution in [3.63, 3.8) is 0 Å². The van der Waals surface area contributed by atoms with Gasteiger partial charge in [-0.05, 0) is 25.6 Å². The molecule has 0 fully saturated rings. The molecule has 0 radical (unpaired) electrons. The first-order valence-electron chi connectivity index (χ1n) is 6.09. The van der Waals surface area contributed by atoms with Crippen LogP contribution in [0.5, 0.6) is 0 Å². The van der Waals surface area contributed by atoms with Gasteiger partial charge >= 0.3 is 0 Å². The molecular formula is C14H22F2N2. The van der Waals surface area contributed by atoms with Crippen LogP contribution in [-0.2, 0) is 6.54 Å². The van der Waals surface area contributed by atoms with Gasteiger partial charge in [0.1, 0.15) is 11.6 Å². The summed E-state index contributed by atoms with van der Waals surface area (Å²) in [6.45, 7) is 6.46. The molecule has 0 aromatic heterocycles. The molecule has 0 heterocycles. The molecule has 0 unspecified atom stereocenters. The van der Waals surface area contributed by atoms with E-state index in [1.165, 1.54) is 12.1 Å². The van der Waals surface area contributed by atoms with Crippen LogP contribution in [0.1, 0.15) is 19.4 Å². The summed E-state index contributed by atoms with van der Waals surface area (Å²) in [5.74, 6) is -1.03. The molecule has 0 aliphatic rings. The summed E-state index contributed by atoms with van der Waals surface area (Å²) in [4.78, 5) is 2.13. The number of hydrogen-bond donors (Lipinski definition) is 1. The van der Waals surface area contributed by atoms with Crippen molar-refractivity contribution in [2.24, 2.45) is 5.41 Å². The highest BCUT2D eigenvalue weighted by atomic mass is 19.1. The Bertz CT molecular complexity index is 389. The van der Waals surface area contributed by atoms with E-state index in [1.807, 2.05) is 14.1 Å². The number of hydrogen-bond acceptors (Lipinski definition) is 2. The molecule has 0 saturated heterocycles. The van der Waals surface area contributed by atoms with Gasteiger partial charge in [-0.25, -0.2) is 8.78 Å². The number of nitrogens with zero attached hydrogens (tertiary/aromatic N) is 1. The molecule has 0 atom stereocenters. The van der Waals surface area contributed by atoms with Crippen molar-refractivity contribution in [2.75, 3.05) is 27.2 Å². The van der Waals surface area contributed by atoms with Crippen molar-refractivity contribution in [3.05, 3.63) is 35.4 Å². The lowest BCUT2D eigenvalue weighted by molar-refractivity contribution is 0.232. The van der Waals surface area contributed by atoms with E-state index in [-0.39, 0.29) is 5.41 Å². The first kappa shape index (κ1) is 15.1. The van der Waals surface area contributed by atoms with E-state index < -0.39 is 11.6 Å². The van der Waals surface area contributed by atoms with Gasteiger partial charge in [-0.1, -0.05) is 19.9 Å². The molecule has 1 N–H and O–H groups in total. The second-order valence-electron chi connectivity index (χ2n) is 5.74. The van der Waals surface area contributed by atoms with Crippen molar-refractivity contribution in [1.82, 2.24) is 10.2 Å². The van der Waals surface area contributed by atoms with E-state index in [2.05, 4.69) is 24.1 Å². The van der Waals surface area contributed by atoms with E-state index in [0.29, 0.717) is 12.1 Å². The summed E-state index contributed by atoms with van der Waals surface area (Å²) in [5, 5.41) is 3.22. The highest BCUT2D eigenvalue weighted by Gasteiger charge is 2.18. The molecule has 1 rings (SSSR count). The Morgan fingerprint density at radius 1 is 1.22 bits per heavy atom. The Balaban J connectivity index is 2.46. The molecule has 0 aliphatic carbocycles. The third-order valence-corrected chi connectivity index (χ3v) is 2.68. The van der Waals surface area contributed by atoms with Gasteiger partial charge in [0.2, 0.25) is 0 Å². The molecule has 0 bridgehead atoms. The molecule has 4 heteroatoms. The zero-order valence-electron chi connectivity index (χ0n) is 11.6. The minimum atomic E-state index is -0.538. The molecule has 1 aromatic carbocycles. The topological polar surface area (TPSA) is 15.3 Å². The zero-order valence-corrected chi connectivity index (χ0v) is 11.6. The third kappa shape index (κ3) is 5.10. The van der Waals surface area contributed by atoms with Crippen molar-refractivity contribution < 1.29 is 8.78 Å². The standard InChI is InChI=1S/C14H22F2N2/c1-14(2,10-18(3)4)9-17-8-11-5-6-12(15)7-13(11)16/h5-7,17H,8-10H2,1-4H3. The quantitative estimate of drug-likeness (QED) is 0.841. The van der Waals surface area contributed by atoms with Crippen LogP contribution in [0, 0.1) is 17.0 Å². The maximum atomic E-state index is 13.4. The van der Waals surface area contributed by atoms with E-state index in [4.69, 9.17) is 0 Å². The Hall–Kier alpha value is -1.00. The molecule has 2 nitrogen and oxygen atoms in total. The molecule has 0 aliphatic heterocycles. The maximum Gasteiger partial charge on any atom is 0.130 e. The highest BCUT2D eigenvalue weighted by molar-refractivity contribution is 5.18. The monoisotopic (exact) mass is 256 g/mol. The van der Waals surface area contributed by atoms with Crippen LogP contribution in [0.2, 0.25) is 0 Å². The van der Waals surface area contributed by atoms with Gasteiger partial charge in [0.15, 0.2) is 0 Å². The number of halogens is 2. The minimum Gasteiger partial charge on any atom is -0.312 e. The third-order valence-electron chi connectivity index (χ3n) is 2.68. The van der Waals surface area contributed by atoms with Crippen molar-refractivity contribution in [2.45, 2.75) is 20.4 Å². The average Bonchev–Trinajstić information content (AvgIpc) is 2.19. The molecule has 0 amide bonds. The summed E-state index contributed by atoms with van der Waals surface area (Å²) in [6.07, 6.45) is 0. The van der Waals surface area contributed by atoms with E-state index >= 15 is 0 Å². The van der Waals surface area contributed by atoms with Crippen molar-refractivity contribution in [1.29, 1.82) is 0 Å². The van der Waals surface area contributed by atoms with E-state index in [9.17, 15) is 8.78 Å². The van der Waals surface area contributed by atoms with Crippen LogP contribution >= 0.6 is 0 Å². The van der Waals surface area contributed by atoms with Gasteiger partial charge in [-0.2, -0.15) is 0 Å². The van der Waals surface area contributed by atoms with Crippen LogP contribution in [0.3, 0.4) is 0 Å². The Morgan fingerprint density at radius 3 is 2.44 bits per heavy atom. The predicted octanol–water partition coefficient (Wildman–Crippen LogP) is 2.64. The number of rotatable bonds is 6. The molecule has 18 heavy (non-hydrogen) atoms. The van der Waals surface area contributed by atoms with Crippen LogP contribution < -0.4 is 5.32 Å². The summed E-state index contributed by atoms with van der Waals surface area (Å²) in [6, 6.07) is 3.68. The first-order chi connectivity index (χ1) is 8.30. The fourth-order valence-electron chi connectivity index (χ4n) is 2.11. The Kier molecular flexibility index (Phi) is 5.23. The highest BCUT2D eigenvalue weighted by Crippen LogP contribution is 2.15. The normalized spacial score (nSPS) is 12.2. The number of nitrogens with one attached hydrogen (secondary N) is 1. The molecule has 0 spiro atoms. The lowest BCUT2D eigenvalue weighted by Crippen LogP contribution is -2.37. The Morgan fingerprint density at radius 2 is 1.89 bits per heavy atom. The van der Waals surface area contributed by atoms with Crippen LogP contribution in [0.15, 0.2) is 18.2 Å². The second kappa shape index (κ2) is 6.25. The van der Waals surface area contributed by atoms with Gasteiger partial charge in [-0.15, -0.1) is 0 Å². The molecular weight excluding hydrogens is 234 g/mol. The summed E-state index contributed by atoms with van der Waals surface area (Å²) in [7, 11) is 4.06. The summed E-state index contributed by atoms with van der Waals surface area (Å²) < 4.78 is 26.1. The first-order valence-corrected chi connectivity index (χ1v) is 6.09. The van der Waals surface area contributed by atoms with Gasteiger partial charge in [0.05, 0.1) is 0 Å². The van der Waals surface area contributed by atoms with Gasteiger partial charge in [-0.3, -0.25) is 0 Å². The maximum absolute atomic E-state index is 13.4. The zero-order chi connectivity index (χ0) is 13.8. The minimum absolute atomic E-state index is 0.111. The smallest absolute Gasteiger partial charge is 0.130 e. The van der Waals surface area contributed by atoms with Gasteiger partial charge < -0.3 is 10.2 Å². The van der Waals surface area contributed by atoms with Crippen LogP contribution in [-0.4, -0.2) is 32.1 Å². The average molecular weight is 256 g/mol. The van der Waals surface area contributed by atoms with Crippen LogP contribution in [0.4, 0.5) is 8.78 Å². The molecule has 102 valence electrons. The Labute approximate surface area is 108 Å². The SMILES string of the molecule is CN(C)CC(C)(C)CNCc1ccc(F)cc1F. The fraction of sp³-hybridized carbons (Fsp3) is 0.571. The number of benzene rings is 1. The van der Waals surface area contributed by atoms with E-state index in [1.54, 1.807) is 0 Å². The summed E-state index contributed by atoms with van der Waals surface area (Å²) in [5.41, 5.74) is 0.608. The largest absolute Gasteiger partial charge is 0.312 e. The van der Waals surface area contributed by atoms with Crippen LogP contribution in [0.25, 0.3) is 0 Å². The van der Waals surface area contributed by atoms with Crippen molar-refractivity contribution in [3.8, 4) is 0 Å². The lowest BCUT2D eigenvalue weighted by atomic mass is 9.93. The fourth-order valence-corrected chi connectivity index (χ4v) is 2.11. The second-order valence-corrected chi connectivity index (χ2v) is 5.74. The van der Waals surface area contributed by atoms with Gasteiger partial charge in [0, 0.05) is 31.3 Å². The van der Waals surface area contributed by atoms with Crippen molar-refractivity contribution >= 4 is 0 Å². The summed E-state index contributed by atoms with van der Waals surface area (Å²) >= 11 is 0. The lowest BCUT2D eigenvalue weighted by Gasteiger charge is -2.28.